The molecule has 0 fully saturated rings. The molecule has 0 radical (unpaired) electrons. The van der Waals surface area contributed by atoms with Crippen LogP contribution < -0.4 is 10.5 Å². The molecular weight excluding hydrogens is 274 g/mol. The van der Waals surface area contributed by atoms with Gasteiger partial charge in [-0.2, -0.15) is 0 Å². The van der Waals surface area contributed by atoms with E-state index < -0.39 is 10.0 Å². The second-order valence-electron chi connectivity index (χ2n) is 4.73. The Bertz CT molecular complexity index is 650. The minimum absolute atomic E-state index is 0.110. The Labute approximate surface area is 119 Å². The molecule has 5 nitrogen and oxygen atoms in total. The van der Waals surface area contributed by atoms with Gasteiger partial charge in [0.1, 0.15) is 0 Å². The first-order valence-electron chi connectivity index (χ1n) is 6.45. The summed E-state index contributed by atoms with van der Waals surface area (Å²) >= 11 is 0. The summed E-state index contributed by atoms with van der Waals surface area (Å²) in [5.41, 5.74) is 7.26. The van der Waals surface area contributed by atoms with E-state index in [4.69, 9.17) is 5.73 Å². The van der Waals surface area contributed by atoms with Crippen LogP contribution in [-0.4, -0.2) is 19.9 Å². The molecule has 0 aliphatic carbocycles. The third kappa shape index (κ3) is 3.47. The zero-order valence-electron chi connectivity index (χ0n) is 11.3. The van der Waals surface area contributed by atoms with Crippen molar-refractivity contribution in [1.82, 2.24) is 9.71 Å². The Morgan fingerprint density at radius 2 is 2.00 bits per heavy atom. The molecule has 4 N–H and O–H groups in total. The fourth-order valence-corrected chi connectivity index (χ4v) is 3.06. The Balaban J connectivity index is 2.02. The number of aromatic nitrogens is 1. The average Bonchev–Trinajstić information content (AvgIpc) is 2.95. The van der Waals surface area contributed by atoms with Gasteiger partial charge in [-0.05, 0) is 17.5 Å². The van der Waals surface area contributed by atoms with Crippen LogP contribution in [0.4, 0.5) is 0 Å². The molecule has 2 rings (SSSR count). The summed E-state index contributed by atoms with van der Waals surface area (Å²) in [5.74, 6) is 0.110. The maximum absolute atomic E-state index is 12.1. The van der Waals surface area contributed by atoms with Crippen molar-refractivity contribution < 1.29 is 8.42 Å². The summed E-state index contributed by atoms with van der Waals surface area (Å²) < 4.78 is 26.9. The van der Waals surface area contributed by atoms with E-state index in [-0.39, 0.29) is 17.4 Å². The van der Waals surface area contributed by atoms with Gasteiger partial charge in [-0.25, -0.2) is 13.1 Å². The molecule has 0 bridgehead atoms. The van der Waals surface area contributed by atoms with Gasteiger partial charge in [0.25, 0.3) is 0 Å². The second-order valence-corrected chi connectivity index (χ2v) is 6.50. The molecule has 1 aromatic carbocycles. The first kappa shape index (κ1) is 14.8. The van der Waals surface area contributed by atoms with Crippen molar-refractivity contribution in [1.29, 1.82) is 0 Å². The molecule has 0 aliphatic rings. The van der Waals surface area contributed by atoms with Gasteiger partial charge in [0, 0.05) is 25.0 Å². The van der Waals surface area contributed by atoms with Crippen LogP contribution in [0.2, 0.25) is 0 Å². The SMILES string of the molecule is CC(CNS(=O)(=O)c1c[nH]c(CN)c1)c1ccccc1. The Kier molecular flexibility index (Phi) is 4.59. The number of hydrogen-bond acceptors (Lipinski definition) is 3. The van der Waals surface area contributed by atoms with Crippen LogP contribution in [0, 0.1) is 0 Å². The number of aromatic amines is 1. The molecule has 0 amide bonds. The zero-order valence-corrected chi connectivity index (χ0v) is 12.2. The van der Waals surface area contributed by atoms with Crippen LogP contribution in [0.25, 0.3) is 0 Å². The molecule has 0 saturated heterocycles. The summed E-state index contributed by atoms with van der Waals surface area (Å²) in [5, 5.41) is 0. The van der Waals surface area contributed by atoms with Crippen LogP contribution in [0.1, 0.15) is 24.1 Å². The fourth-order valence-electron chi connectivity index (χ4n) is 1.91. The van der Waals surface area contributed by atoms with Crippen LogP contribution in [0.15, 0.2) is 47.5 Å². The number of nitrogens with two attached hydrogens (primary N) is 1. The number of H-pyrrole nitrogens is 1. The minimum atomic E-state index is -3.49. The van der Waals surface area contributed by atoms with E-state index in [1.165, 1.54) is 6.20 Å². The van der Waals surface area contributed by atoms with Crippen LogP contribution in [0.3, 0.4) is 0 Å². The van der Waals surface area contributed by atoms with Crippen LogP contribution >= 0.6 is 0 Å². The van der Waals surface area contributed by atoms with Crippen molar-refractivity contribution in [3.8, 4) is 0 Å². The monoisotopic (exact) mass is 293 g/mol. The molecule has 1 aromatic heterocycles. The van der Waals surface area contributed by atoms with Gasteiger partial charge in [0.05, 0.1) is 4.90 Å². The highest BCUT2D eigenvalue weighted by Crippen LogP contribution is 2.15. The van der Waals surface area contributed by atoms with E-state index in [0.717, 1.165) is 5.56 Å². The maximum atomic E-state index is 12.1. The normalized spacial score (nSPS) is 13.3. The Hall–Kier alpha value is -1.63. The van der Waals surface area contributed by atoms with E-state index in [9.17, 15) is 8.42 Å². The minimum Gasteiger partial charge on any atom is -0.363 e. The highest BCUT2D eigenvalue weighted by molar-refractivity contribution is 7.89. The predicted octanol–water partition coefficient (Wildman–Crippen LogP) is 1.56. The summed E-state index contributed by atoms with van der Waals surface area (Å²) in [7, 11) is -3.49. The third-order valence-electron chi connectivity index (χ3n) is 3.19. The van der Waals surface area contributed by atoms with E-state index in [0.29, 0.717) is 12.2 Å². The third-order valence-corrected chi connectivity index (χ3v) is 4.60. The second kappa shape index (κ2) is 6.21. The van der Waals surface area contributed by atoms with Crippen LogP contribution in [0.5, 0.6) is 0 Å². The maximum Gasteiger partial charge on any atom is 0.242 e. The summed E-state index contributed by atoms with van der Waals surface area (Å²) in [4.78, 5) is 3.06. The smallest absolute Gasteiger partial charge is 0.242 e. The van der Waals surface area contributed by atoms with Crippen molar-refractivity contribution in [3.05, 3.63) is 53.9 Å². The topological polar surface area (TPSA) is 88.0 Å². The van der Waals surface area contributed by atoms with Gasteiger partial charge in [-0.1, -0.05) is 37.3 Å². The quantitative estimate of drug-likeness (QED) is 0.755. The largest absolute Gasteiger partial charge is 0.363 e. The molecule has 0 spiro atoms. The molecule has 0 saturated carbocycles. The lowest BCUT2D eigenvalue weighted by molar-refractivity contribution is 0.575. The van der Waals surface area contributed by atoms with E-state index >= 15 is 0 Å². The Morgan fingerprint density at radius 3 is 2.60 bits per heavy atom. The molecule has 1 atom stereocenters. The first-order chi connectivity index (χ1) is 9.53. The van der Waals surface area contributed by atoms with Gasteiger partial charge in [0.2, 0.25) is 10.0 Å². The molecule has 108 valence electrons. The molecule has 1 unspecified atom stereocenters. The van der Waals surface area contributed by atoms with E-state index in [1.54, 1.807) is 6.07 Å². The van der Waals surface area contributed by atoms with Crippen molar-refractivity contribution in [2.45, 2.75) is 24.3 Å². The molecular formula is C14H19N3O2S. The molecule has 1 heterocycles. The van der Waals surface area contributed by atoms with E-state index in [2.05, 4.69) is 9.71 Å². The van der Waals surface area contributed by atoms with Crippen molar-refractivity contribution >= 4 is 10.0 Å². The van der Waals surface area contributed by atoms with Crippen molar-refractivity contribution in [2.75, 3.05) is 6.54 Å². The summed E-state index contributed by atoms with van der Waals surface area (Å²) in [6.45, 7) is 2.63. The molecule has 2 aromatic rings. The van der Waals surface area contributed by atoms with Gasteiger partial charge < -0.3 is 10.7 Å². The Morgan fingerprint density at radius 1 is 1.30 bits per heavy atom. The summed E-state index contributed by atoms with van der Waals surface area (Å²) in [6, 6.07) is 11.4. The number of sulfonamides is 1. The zero-order chi connectivity index (χ0) is 14.6. The van der Waals surface area contributed by atoms with Gasteiger partial charge in [-0.15, -0.1) is 0 Å². The molecule has 0 aliphatic heterocycles. The standard InChI is InChI=1S/C14H19N3O2S/c1-11(12-5-3-2-4-6-12)9-17-20(18,19)14-7-13(8-15)16-10-14/h2-7,10-11,16-17H,8-9,15H2,1H3. The van der Waals surface area contributed by atoms with E-state index in [1.807, 2.05) is 37.3 Å². The van der Waals surface area contributed by atoms with Crippen LogP contribution in [-0.2, 0) is 16.6 Å². The van der Waals surface area contributed by atoms with Gasteiger partial charge in [-0.3, -0.25) is 0 Å². The number of rotatable bonds is 6. The van der Waals surface area contributed by atoms with Crippen molar-refractivity contribution in [3.63, 3.8) is 0 Å². The van der Waals surface area contributed by atoms with Gasteiger partial charge in [0.15, 0.2) is 0 Å². The highest BCUT2D eigenvalue weighted by Gasteiger charge is 2.17. The summed E-state index contributed by atoms with van der Waals surface area (Å²) in [6.07, 6.45) is 1.46. The lowest BCUT2D eigenvalue weighted by Gasteiger charge is -2.12. The van der Waals surface area contributed by atoms with Crippen molar-refractivity contribution in [2.24, 2.45) is 5.73 Å². The fraction of sp³-hybridized carbons (Fsp3) is 0.286. The predicted molar refractivity (Wildman–Crippen MR) is 78.7 cm³/mol. The lowest BCUT2D eigenvalue weighted by Crippen LogP contribution is -2.27. The first-order valence-corrected chi connectivity index (χ1v) is 7.93. The highest BCUT2D eigenvalue weighted by atomic mass is 32.2. The molecule has 20 heavy (non-hydrogen) atoms. The molecule has 6 heteroatoms. The number of hydrogen-bond donors (Lipinski definition) is 3. The number of benzene rings is 1. The average molecular weight is 293 g/mol. The number of nitrogens with one attached hydrogen (secondary N) is 2. The lowest BCUT2D eigenvalue weighted by atomic mass is 10.0. The van der Waals surface area contributed by atoms with Gasteiger partial charge >= 0.3 is 0 Å².